The molecule has 2 unspecified atom stereocenters. The molecule has 2 atom stereocenters. The molecule has 2 aliphatic carbocycles. The van der Waals surface area contributed by atoms with Crippen molar-refractivity contribution in [3.05, 3.63) is 0 Å². The van der Waals surface area contributed by atoms with Crippen molar-refractivity contribution in [3.63, 3.8) is 0 Å². The zero-order chi connectivity index (χ0) is 11.2. The van der Waals surface area contributed by atoms with E-state index >= 15 is 0 Å². The lowest BCUT2D eigenvalue weighted by molar-refractivity contribution is 0.304. The van der Waals surface area contributed by atoms with Crippen LogP contribution in [0.25, 0.3) is 0 Å². The fourth-order valence-corrected chi connectivity index (χ4v) is 4.28. The van der Waals surface area contributed by atoms with Crippen LogP contribution in [0.3, 0.4) is 0 Å². The molecule has 2 aliphatic rings. The van der Waals surface area contributed by atoms with Gasteiger partial charge in [0.1, 0.15) is 0 Å². The van der Waals surface area contributed by atoms with Crippen LogP contribution in [0.5, 0.6) is 0 Å². The van der Waals surface area contributed by atoms with Gasteiger partial charge in [0, 0.05) is 11.3 Å². The molecule has 2 heteroatoms. The minimum atomic E-state index is 0.811. The van der Waals surface area contributed by atoms with Crippen LogP contribution in [0, 0.1) is 5.92 Å². The molecule has 1 N–H and O–H groups in total. The van der Waals surface area contributed by atoms with Crippen LogP contribution >= 0.6 is 11.8 Å². The van der Waals surface area contributed by atoms with E-state index in [0.717, 1.165) is 17.2 Å². The Kier molecular flexibility index (Phi) is 5.51. The second-order valence-corrected chi connectivity index (χ2v) is 6.65. The van der Waals surface area contributed by atoms with Crippen molar-refractivity contribution < 1.29 is 0 Å². The number of hydrogen-bond donors (Lipinski definition) is 1. The maximum absolute atomic E-state index is 3.87. The van der Waals surface area contributed by atoms with Gasteiger partial charge in [-0.05, 0) is 44.4 Å². The third kappa shape index (κ3) is 3.66. The maximum atomic E-state index is 3.87. The van der Waals surface area contributed by atoms with Crippen LogP contribution in [0.2, 0.25) is 0 Å². The van der Waals surface area contributed by atoms with Gasteiger partial charge in [-0.1, -0.05) is 32.1 Å². The number of thioether (sulfide) groups is 1. The van der Waals surface area contributed by atoms with Crippen LogP contribution in [-0.2, 0) is 0 Å². The molecular weight excluding hydrogens is 214 g/mol. The average molecular weight is 241 g/mol. The monoisotopic (exact) mass is 241 g/mol. The topological polar surface area (TPSA) is 12.0 Å². The van der Waals surface area contributed by atoms with Gasteiger partial charge in [-0.3, -0.25) is 0 Å². The molecule has 0 aromatic rings. The standard InChI is InChI=1S/C14H27NS/c1-16-14-10-6-5-9-13(14)15-11-12-7-3-2-4-8-12/h12-15H,2-11H2,1H3. The summed E-state index contributed by atoms with van der Waals surface area (Å²) < 4.78 is 0. The lowest BCUT2D eigenvalue weighted by Gasteiger charge is -2.33. The highest BCUT2D eigenvalue weighted by Crippen LogP contribution is 2.28. The molecule has 0 aromatic heterocycles. The van der Waals surface area contributed by atoms with Crippen molar-refractivity contribution in [1.82, 2.24) is 5.32 Å². The molecule has 0 radical (unpaired) electrons. The second-order valence-electron chi connectivity index (χ2n) is 5.58. The summed E-state index contributed by atoms with van der Waals surface area (Å²) in [6, 6.07) is 0.811. The first-order chi connectivity index (χ1) is 7.90. The number of hydrogen-bond acceptors (Lipinski definition) is 2. The Labute approximate surface area is 105 Å². The third-order valence-corrected chi connectivity index (χ3v) is 5.57. The van der Waals surface area contributed by atoms with Gasteiger partial charge in [-0.15, -0.1) is 0 Å². The average Bonchev–Trinajstić information content (AvgIpc) is 2.38. The first kappa shape index (κ1) is 12.8. The molecule has 0 amide bonds. The molecule has 94 valence electrons. The molecule has 1 nitrogen and oxygen atoms in total. The Morgan fingerprint density at radius 3 is 2.38 bits per heavy atom. The van der Waals surface area contributed by atoms with Crippen molar-refractivity contribution in [3.8, 4) is 0 Å². The fraction of sp³-hybridized carbons (Fsp3) is 1.00. The van der Waals surface area contributed by atoms with Crippen LogP contribution in [0.1, 0.15) is 57.8 Å². The quantitative estimate of drug-likeness (QED) is 0.803. The summed E-state index contributed by atoms with van der Waals surface area (Å²) in [7, 11) is 0. The molecule has 0 heterocycles. The molecule has 2 rings (SSSR count). The van der Waals surface area contributed by atoms with Crippen molar-refractivity contribution >= 4 is 11.8 Å². The zero-order valence-corrected chi connectivity index (χ0v) is 11.5. The van der Waals surface area contributed by atoms with E-state index in [-0.39, 0.29) is 0 Å². The van der Waals surface area contributed by atoms with Crippen molar-refractivity contribution in [2.24, 2.45) is 5.92 Å². The van der Waals surface area contributed by atoms with Gasteiger partial charge < -0.3 is 5.32 Å². The second kappa shape index (κ2) is 6.90. The molecule has 0 bridgehead atoms. The van der Waals surface area contributed by atoms with Crippen LogP contribution < -0.4 is 5.32 Å². The molecule has 2 fully saturated rings. The molecule has 0 aromatic carbocycles. The Morgan fingerprint density at radius 1 is 0.938 bits per heavy atom. The number of rotatable bonds is 4. The van der Waals surface area contributed by atoms with E-state index < -0.39 is 0 Å². The first-order valence-electron chi connectivity index (χ1n) is 7.16. The summed E-state index contributed by atoms with van der Waals surface area (Å²) in [4.78, 5) is 0. The lowest BCUT2D eigenvalue weighted by Crippen LogP contribution is -2.42. The first-order valence-corrected chi connectivity index (χ1v) is 8.45. The fourth-order valence-electron chi connectivity index (χ4n) is 3.32. The Hall–Kier alpha value is 0.310. The summed E-state index contributed by atoms with van der Waals surface area (Å²) >= 11 is 2.08. The highest BCUT2D eigenvalue weighted by molar-refractivity contribution is 7.99. The highest BCUT2D eigenvalue weighted by atomic mass is 32.2. The van der Waals surface area contributed by atoms with Gasteiger partial charge in [0.15, 0.2) is 0 Å². The van der Waals surface area contributed by atoms with Crippen molar-refractivity contribution in [1.29, 1.82) is 0 Å². The molecular formula is C14H27NS. The Morgan fingerprint density at radius 2 is 1.62 bits per heavy atom. The molecule has 2 saturated carbocycles. The summed E-state index contributed by atoms with van der Waals surface area (Å²) in [5, 5.41) is 4.76. The lowest BCUT2D eigenvalue weighted by atomic mass is 9.88. The highest BCUT2D eigenvalue weighted by Gasteiger charge is 2.24. The van der Waals surface area contributed by atoms with Gasteiger partial charge in [0.05, 0.1) is 0 Å². The third-order valence-electron chi connectivity index (χ3n) is 4.40. The molecule has 16 heavy (non-hydrogen) atoms. The minimum absolute atomic E-state index is 0.811. The van der Waals surface area contributed by atoms with E-state index in [1.807, 2.05) is 0 Å². The van der Waals surface area contributed by atoms with E-state index in [4.69, 9.17) is 0 Å². The summed E-state index contributed by atoms with van der Waals surface area (Å²) in [5.74, 6) is 0.984. The van der Waals surface area contributed by atoms with E-state index in [2.05, 4.69) is 23.3 Å². The minimum Gasteiger partial charge on any atom is -0.313 e. The zero-order valence-electron chi connectivity index (χ0n) is 10.7. The predicted octanol–water partition coefficient (Wildman–Crippen LogP) is 3.83. The smallest absolute Gasteiger partial charge is 0.0198 e. The summed E-state index contributed by atoms with van der Waals surface area (Å²) in [5.41, 5.74) is 0. The van der Waals surface area contributed by atoms with Crippen molar-refractivity contribution in [2.45, 2.75) is 69.1 Å². The van der Waals surface area contributed by atoms with Gasteiger partial charge in [0.2, 0.25) is 0 Å². The van der Waals surface area contributed by atoms with Crippen LogP contribution in [0.4, 0.5) is 0 Å². The van der Waals surface area contributed by atoms with E-state index in [1.165, 1.54) is 64.3 Å². The van der Waals surface area contributed by atoms with Crippen molar-refractivity contribution in [2.75, 3.05) is 12.8 Å². The van der Waals surface area contributed by atoms with E-state index in [9.17, 15) is 0 Å². The number of nitrogens with one attached hydrogen (secondary N) is 1. The van der Waals surface area contributed by atoms with Crippen LogP contribution in [0.15, 0.2) is 0 Å². The van der Waals surface area contributed by atoms with Gasteiger partial charge in [-0.25, -0.2) is 0 Å². The SMILES string of the molecule is CSC1CCCCC1NCC1CCCCC1. The normalized spacial score (nSPS) is 32.8. The molecule has 0 saturated heterocycles. The maximum Gasteiger partial charge on any atom is 0.0198 e. The largest absolute Gasteiger partial charge is 0.313 e. The van der Waals surface area contributed by atoms with Gasteiger partial charge in [-0.2, -0.15) is 11.8 Å². The molecule has 0 spiro atoms. The van der Waals surface area contributed by atoms with Gasteiger partial charge in [0.25, 0.3) is 0 Å². The summed E-state index contributed by atoms with van der Waals surface area (Å²) in [6.45, 7) is 1.29. The van der Waals surface area contributed by atoms with Crippen LogP contribution in [-0.4, -0.2) is 24.1 Å². The summed E-state index contributed by atoms with van der Waals surface area (Å²) in [6.07, 6.45) is 15.4. The van der Waals surface area contributed by atoms with E-state index in [0.29, 0.717) is 0 Å². The van der Waals surface area contributed by atoms with E-state index in [1.54, 1.807) is 0 Å². The Balaban J connectivity index is 1.70. The van der Waals surface area contributed by atoms with Gasteiger partial charge >= 0.3 is 0 Å². The molecule has 0 aliphatic heterocycles. The predicted molar refractivity (Wildman–Crippen MR) is 74.1 cm³/mol. The Bertz CT molecular complexity index is 189.